The second kappa shape index (κ2) is 8.73. The van der Waals surface area contributed by atoms with Crippen LogP contribution in [-0.2, 0) is 11.0 Å². The monoisotopic (exact) mass is 335 g/mol. The molecule has 0 heterocycles. The summed E-state index contributed by atoms with van der Waals surface area (Å²) < 4.78 is 42.5. The highest BCUT2D eigenvalue weighted by Gasteiger charge is 2.30. The number of halogens is 3. The van der Waals surface area contributed by atoms with Crippen molar-refractivity contribution in [3.8, 4) is 5.75 Å². The van der Waals surface area contributed by atoms with Crippen LogP contribution in [0.2, 0.25) is 0 Å². The van der Waals surface area contributed by atoms with Gasteiger partial charge in [0.25, 0.3) is 0 Å². The number of likely N-dealkylation sites (N-methyl/N-ethyl adjacent to an activating group) is 1. The van der Waals surface area contributed by atoms with Gasteiger partial charge in [-0.1, -0.05) is 0 Å². The van der Waals surface area contributed by atoms with Gasteiger partial charge in [0.1, 0.15) is 18.5 Å². The molecule has 0 fully saturated rings. The van der Waals surface area contributed by atoms with Gasteiger partial charge in [-0.2, -0.15) is 13.2 Å². The van der Waals surface area contributed by atoms with Gasteiger partial charge < -0.3 is 19.8 Å². The standard InChI is InChI=1S/C15H20F3NO4/c1-19(8-2-3-14(21)22)9-12(20)10-23-13-6-4-11(5-7-13)15(16,17)18/h4-7,12,20H,2-3,8-10H2,1H3,(H,21,22). The first kappa shape index (κ1) is 19.2. The van der Waals surface area contributed by atoms with Crippen molar-refractivity contribution in [1.29, 1.82) is 0 Å². The molecule has 1 atom stereocenters. The number of carboxylic acids is 1. The number of hydrogen-bond acceptors (Lipinski definition) is 4. The van der Waals surface area contributed by atoms with Crippen LogP contribution in [0.4, 0.5) is 13.2 Å². The van der Waals surface area contributed by atoms with Gasteiger partial charge in [0, 0.05) is 13.0 Å². The summed E-state index contributed by atoms with van der Waals surface area (Å²) in [5.41, 5.74) is -0.761. The summed E-state index contributed by atoms with van der Waals surface area (Å²) in [4.78, 5) is 12.2. The second-order valence-electron chi connectivity index (χ2n) is 5.25. The van der Waals surface area contributed by atoms with E-state index >= 15 is 0 Å². The summed E-state index contributed by atoms with van der Waals surface area (Å²) in [6.45, 7) is 0.735. The summed E-state index contributed by atoms with van der Waals surface area (Å²) in [5.74, 6) is -0.629. The third-order valence-electron chi connectivity index (χ3n) is 3.08. The Balaban J connectivity index is 2.32. The number of hydrogen-bond donors (Lipinski definition) is 2. The molecule has 0 saturated heterocycles. The van der Waals surface area contributed by atoms with E-state index in [1.54, 1.807) is 11.9 Å². The predicted octanol–water partition coefficient (Wildman–Crippen LogP) is 2.24. The zero-order valence-corrected chi connectivity index (χ0v) is 12.7. The maximum Gasteiger partial charge on any atom is 0.416 e. The summed E-state index contributed by atoms with van der Waals surface area (Å²) >= 11 is 0. The molecule has 0 aromatic heterocycles. The van der Waals surface area contributed by atoms with E-state index in [9.17, 15) is 23.1 Å². The van der Waals surface area contributed by atoms with Gasteiger partial charge >= 0.3 is 12.1 Å². The normalized spacial score (nSPS) is 13.1. The zero-order valence-electron chi connectivity index (χ0n) is 12.7. The first-order chi connectivity index (χ1) is 10.7. The molecular weight excluding hydrogens is 315 g/mol. The van der Waals surface area contributed by atoms with Crippen molar-refractivity contribution in [3.05, 3.63) is 29.8 Å². The Hall–Kier alpha value is -1.80. The van der Waals surface area contributed by atoms with Gasteiger partial charge in [0.05, 0.1) is 5.56 Å². The fraction of sp³-hybridized carbons (Fsp3) is 0.533. The lowest BCUT2D eigenvalue weighted by Gasteiger charge is -2.20. The maximum atomic E-state index is 12.4. The number of ether oxygens (including phenoxy) is 1. The van der Waals surface area contributed by atoms with Crippen LogP contribution in [0.15, 0.2) is 24.3 Å². The zero-order chi connectivity index (χ0) is 17.5. The number of carboxylic acid groups (broad SMARTS) is 1. The van der Waals surface area contributed by atoms with Gasteiger partial charge in [-0.25, -0.2) is 0 Å². The summed E-state index contributed by atoms with van der Waals surface area (Å²) in [7, 11) is 1.74. The van der Waals surface area contributed by atoms with Gasteiger partial charge in [0.2, 0.25) is 0 Å². The second-order valence-corrected chi connectivity index (χ2v) is 5.25. The highest BCUT2D eigenvalue weighted by atomic mass is 19.4. The van der Waals surface area contributed by atoms with Crippen LogP contribution in [0.3, 0.4) is 0 Å². The molecule has 1 rings (SSSR count). The number of aliphatic carboxylic acids is 1. The van der Waals surface area contributed by atoms with Crippen LogP contribution >= 0.6 is 0 Å². The molecule has 0 bridgehead atoms. The molecule has 1 aromatic carbocycles. The molecule has 1 unspecified atom stereocenters. The SMILES string of the molecule is CN(CCCC(=O)O)CC(O)COc1ccc(C(F)(F)F)cc1. The van der Waals surface area contributed by atoms with Crippen molar-refractivity contribution in [2.75, 3.05) is 26.7 Å². The molecule has 130 valence electrons. The van der Waals surface area contributed by atoms with E-state index in [1.807, 2.05) is 0 Å². The molecule has 0 radical (unpaired) electrons. The molecule has 0 aliphatic rings. The Morgan fingerprint density at radius 3 is 2.43 bits per heavy atom. The molecule has 8 heteroatoms. The number of aliphatic hydroxyl groups is 1. The maximum absolute atomic E-state index is 12.4. The van der Waals surface area contributed by atoms with Gasteiger partial charge in [-0.15, -0.1) is 0 Å². The highest BCUT2D eigenvalue weighted by molar-refractivity contribution is 5.66. The van der Waals surface area contributed by atoms with Gasteiger partial charge in [0.15, 0.2) is 0 Å². The topological polar surface area (TPSA) is 70.0 Å². The van der Waals surface area contributed by atoms with Crippen molar-refractivity contribution in [1.82, 2.24) is 4.90 Å². The van der Waals surface area contributed by atoms with E-state index in [0.717, 1.165) is 12.1 Å². The van der Waals surface area contributed by atoms with Crippen LogP contribution in [-0.4, -0.2) is 53.9 Å². The number of aliphatic hydroxyl groups excluding tert-OH is 1. The average molecular weight is 335 g/mol. The van der Waals surface area contributed by atoms with Crippen molar-refractivity contribution in [2.24, 2.45) is 0 Å². The number of alkyl halides is 3. The minimum Gasteiger partial charge on any atom is -0.491 e. The fourth-order valence-electron chi connectivity index (χ4n) is 1.94. The van der Waals surface area contributed by atoms with Crippen molar-refractivity contribution in [2.45, 2.75) is 25.1 Å². The highest BCUT2D eigenvalue weighted by Crippen LogP contribution is 2.30. The molecule has 0 amide bonds. The quantitative estimate of drug-likeness (QED) is 0.724. The first-order valence-electron chi connectivity index (χ1n) is 7.07. The van der Waals surface area contributed by atoms with E-state index < -0.39 is 23.8 Å². The lowest BCUT2D eigenvalue weighted by molar-refractivity contribution is -0.138. The third kappa shape index (κ3) is 7.85. The summed E-state index contributed by atoms with van der Waals surface area (Å²) in [6.07, 6.45) is -4.69. The van der Waals surface area contributed by atoms with Crippen molar-refractivity contribution < 1.29 is 32.9 Å². The number of nitrogens with zero attached hydrogens (tertiary/aromatic N) is 1. The van der Waals surface area contributed by atoms with Crippen molar-refractivity contribution >= 4 is 5.97 Å². The molecule has 2 N–H and O–H groups in total. The van der Waals surface area contributed by atoms with E-state index in [1.165, 1.54) is 12.1 Å². The van der Waals surface area contributed by atoms with Crippen molar-refractivity contribution in [3.63, 3.8) is 0 Å². The van der Waals surface area contributed by atoms with Gasteiger partial charge in [-0.3, -0.25) is 4.79 Å². The van der Waals surface area contributed by atoms with E-state index in [2.05, 4.69) is 0 Å². The fourth-order valence-corrected chi connectivity index (χ4v) is 1.94. The van der Waals surface area contributed by atoms with Crippen LogP contribution in [0.5, 0.6) is 5.75 Å². The number of benzene rings is 1. The smallest absolute Gasteiger partial charge is 0.416 e. The summed E-state index contributed by atoms with van der Waals surface area (Å²) in [6, 6.07) is 4.23. The predicted molar refractivity (Wildman–Crippen MR) is 77.3 cm³/mol. The van der Waals surface area contributed by atoms with Crippen LogP contribution in [0.1, 0.15) is 18.4 Å². The number of rotatable bonds is 9. The molecular formula is C15H20F3NO4. The van der Waals surface area contributed by atoms with E-state index in [-0.39, 0.29) is 25.3 Å². The molecule has 0 aliphatic carbocycles. The molecule has 23 heavy (non-hydrogen) atoms. The number of carbonyl (C=O) groups is 1. The van der Waals surface area contributed by atoms with Gasteiger partial charge in [-0.05, 0) is 44.3 Å². The Labute approximate surface area is 132 Å². The lowest BCUT2D eigenvalue weighted by Crippen LogP contribution is -2.33. The Morgan fingerprint density at radius 2 is 1.91 bits per heavy atom. The van der Waals surface area contributed by atoms with Crippen LogP contribution in [0.25, 0.3) is 0 Å². The van der Waals surface area contributed by atoms with Crippen LogP contribution in [0, 0.1) is 0 Å². The summed E-state index contributed by atoms with van der Waals surface area (Å²) in [5, 5.41) is 18.3. The Bertz CT molecular complexity index is 490. The van der Waals surface area contributed by atoms with E-state index in [4.69, 9.17) is 9.84 Å². The Kier molecular flexibility index (Phi) is 7.31. The van der Waals surface area contributed by atoms with E-state index in [0.29, 0.717) is 13.0 Å². The largest absolute Gasteiger partial charge is 0.491 e. The third-order valence-corrected chi connectivity index (χ3v) is 3.08. The van der Waals surface area contributed by atoms with Crippen LogP contribution < -0.4 is 4.74 Å². The molecule has 5 nitrogen and oxygen atoms in total. The molecule has 1 aromatic rings. The molecule has 0 spiro atoms. The Morgan fingerprint density at radius 1 is 1.30 bits per heavy atom. The minimum atomic E-state index is -4.39. The molecule has 0 saturated carbocycles. The molecule has 0 aliphatic heterocycles. The first-order valence-corrected chi connectivity index (χ1v) is 7.07. The average Bonchev–Trinajstić information content (AvgIpc) is 2.44. The lowest BCUT2D eigenvalue weighted by atomic mass is 10.2. The minimum absolute atomic E-state index is 0.0580.